The van der Waals surface area contributed by atoms with Crippen LogP contribution in [0.25, 0.3) is 0 Å². The first kappa shape index (κ1) is 31.6. The molecular weight excluding hydrogens is 480 g/mol. The van der Waals surface area contributed by atoms with Gasteiger partial charge >= 0.3 is 11.9 Å². The number of amides is 3. The van der Waals surface area contributed by atoms with E-state index in [1.807, 2.05) is 6.92 Å². The average Bonchev–Trinajstić information content (AvgIpc) is 2.87. The summed E-state index contributed by atoms with van der Waals surface area (Å²) < 4.78 is 0. The highest BCUT2D eigenvalue weighted by Crippen LogP contribution is 2.11. The summed E-state index contributed by atoms with van der Waals surface area (Å²) >= 11 is 0. The van der Waals surface area contributed by atoms with Gasteiger partial charge in [-0.25, -0.2) is 4.79 Å². The van der Waals surface area contributed by atoms with E-state index >= 15 is 0 Å². The number of carbonyl (C=O) groups is 5. The Hall–Kier alpha value is -3.47. The number of hydrogen-bond donors (Lipinski definition) is 6. The number of benzene rings is 1. The molecule has 0 fully saturated rings. The molecule has 37 heavy (non-hydrogen) atoms. The van der Waals surface area contributed by atoms with E-state index in [1.54, 1.807) is 51.1 Å². The first-order valence-electron chi connectivity index (χ1n) is 12.6. The fourth-order valence-electron chi connectivity index (χ4n) is 3.59. The Morgan fingerprint density at radius 3 is 1.86 bits per heavy atom. The molecule has 3 amide bonds. The molecule has 6 atom stereocenters. The standard InChI is InChI=1S/C26H40N4O7/c1-5-15(3)21(27)25(35)28-18(12-13-20(31)32)23(33)29-19(14-17-10-8-7-9-11-17)24(34)30-22(26(36)37)16(4)6-2/h7-11,15-16,18-19,21-22H,5-6,12-14,27H2,1-4H3,(H,28,35)(H,29,33)(H,30,34)(H,31,32)(H,36,37). The van der Waals surface area contributed by atoms with E-state index in [0.717, 1.165) is 0 Å². The van der Waals surface area contributed by atoms with Crippen molar-refractivity contribution in [1.29, 1.82) is 0 Å². The van der Waals surface area contributed by atoms with Crippen molar-refractivity contribution in [3.63, 3.8) is 0 Å². The number of aliphatic carboxylic acids is 2. The molecule has 0 bridgehead atoms. The Labute approximate surface area is 217 Å². The molecule has 0 heterocycles. The topological polar surface area (TPSA) is 188 Å². The molecule has 0 radical (unpaired) electrons. The molecule has 11 nitrogen and oxygen atoms in total. The van der Waals surface area contributed by atoms with Crippen LogP contribution in [-0.4, -0.2) is 64.0 Å². The smallest absolute Gasteiger partial charge is 0.326 e. The van der Waals surface area contributed by atoms with E-state index in [9.17, 15) is 29.1 Å². The minimum Gasteiger partial charge on any atom is -0.481 e. The molecule has 0 aliphatic carbocycles. The Morgan fingerprint density at radius 2 is 1.35 bits per heavy atom. The van der Waals surface area contributed by atoms with E-state index in [-0.39, 0.29) is 24.7 Å². The molecule has 206 valence electrons. The van der Waals surface area contributed by atoms with Crippen LogP contribution in [0.3, 0.4) is 0 Å². The summed E-state index contributed by atoms with van der Waals surface area (Å²) in [6.45, 7) is 7.15. The molecule has 1 aromatic carbocycles. The molecule has 0 aliphatic rings. The second kappa shape index (κ2) is 15.6. The molecule has 0 spiro atoms. The molecule has 0 aliphatic heterocycles. The Morgan fingerprint density at radius 1 is 0.811 bits per heavy atom. The van der Waals surface area contributed by atoms with Crippen molar-refractivity contribution < 1.29 is 34.2 Å². The summed E-state index contributed by atoms with van der Waals surface area (Å²) in [4.78, 5) is 61.9. The summed E-state index contributed by atoms with van der Waals surface area (Å²) in [5.74, 6) is -4.96. The van der Waals surface area contributed by atoms with Crippen LogP contribution in [0.4, 0.5) is 0 Å². The van der Waals surface area contributed by atoms with Gasteiger partial charge in [-0.15, -0.1) is 0 Å². The fourth-order valence-corrected chi connectivity index (χ4v) is 3.59. The van der Waals surface area contributed by atoms with Gasteiger partial charge in [-0.3, -0.25) is 19.2 Å². The van der Waals surface area contributed by atoms with E-state index < -0.39 is 60.2 Å². The zero-order chi connectivity index (χ0) is 28.1. The number of carbonyl (C=O) groups excluding carboxylic acids is 3. The van der Waals surface area contributed by atoms with Crippen LogP contribution < -0.4 is 21.7 Å². The predicted molar refractivity (Wildman–Crippen MR) is 137 cm³/mol. The third kappa shape index (κ3) is 10.6. The number of nitrogens with one attached hydrogen (secondary N) is 3. The molecule has 11 heteroatoms. The highest BCUT2D eigenvalue weighted by molar-refractivity contribution is 5.94. The lowest BCUT2D eigenvalue weighted by Gasteiger charge is -2.27. The van der Waals surface area contributed by atoms with Gasteiger partial charge in [0.25, 0.3) is 0 Å². The first-order valence-corrected chi connectivity index (χ1v) is 12.6. The maximum absolute atomic E-state index is 13.2. The summed E-state index contributed by atoms with van der Waals surface area (Å²) in [6.07, 6.45) is 0.566. The average molecular weight is 521 g/mol. The SMILES string of the molecule is CCC(C)C(N)C(=O)NC(CCC(=O)O)C(=O)NC(Cc1ccccc1)C(=O)NC(C(=O)O)C(C)CC. The maximum Gasteiger partial charge on any atom is 0.326 e. The molecule has 1 rings (SSSR count). The van der Waals surface area contributed by atoms with Crippen LogP contribution >= 0.6 is 0 Å². The van der Waals surface area contributed by atoms with Gasteiger partial charge in [-0.2, -0.15) is 0 Å². The summed E-state index contributed by atoms with van der Waals surface area (Å²) in [5.41, 5.74) is 6.68. The number of carboxylic acids is 2. The van der Waals surface area contributed by atoms with Crippen molar-refractivity contribution in [2.45, 2.75) is 84.0 Å². The fraction of sp³-hybridized carbons (Fsp3) is 0.577. The van der Waals surface area contributed by atoms with Crippen LogP contribution in [0.15, 0.2) is 30.3 Å². The second-order valence-electron chi connectivity index (χ2n) is 9.37. The Bertz CT molecular complexity index is 925. The van der Waals surface area contributed by atoms with Gasteiger partial charge in [0.15, 0.2) is 0 Å². The monoisotopic (exact) mass is 520 g/mol. The number of carboxylic acid groups (broad SMARTS) is 2. The summed E-state index contributed by atoms with van der Waals surface area (Å²) in [7, 11) is 0. The van der Waals surface area contributed by atoms with Gasteiger partial charge in [-0.05, 0) is 23.8 Å². The van der Waals surface area contributed by atoms with Gasteiger partial charge in [-0.1, -0.05) is 70.9 Å². The van der Waals surface area contributed by atoms with Crippen LogP contribution in [0.1, 0.15) is 58.9 Å². The molecule has 7 N–H and O–H groups in total. The first-order chi connectivity index (χ1) is 17.4. The van der Waals surface area contributed by atoms with Crippen molar-refractivity contribution in [2.75, 3.05) is 0 Å². The molecule has 0 saturated carbocycles. The van der Waals surface area contributed by atoms with Gasteiger partial charge in [0, 0.05) is 12.8 Å². The van der Waals surface area contributed by atoms with Gasteiger partial charge < -0.3 is 31.9 Å². The summed E-state index contributed by atoms with van der Waals surface area (Å²) in [6, 6.07) is 4.33. The third-order valence-corrected chi connectivity index (χ3v) is 6.53. The van der Waals surface area contributed by atoms with Crippen LogP contribution in [0.5, 0.6) is 0 Å². The van der Waals surface area contributed by atoms with E-state index in [1.165, 1.54) is 0 Å². The van der Waals surface area contributed by atoms with Gasteiger partial charge in [0.2, 0.25) is 17.7 Å². The number of hydrogen-bond acceptors (Lipinski definition) is 6. The van der Waals surface area contributed by atoms with Crippen LogP contribution in [0.2, 0.25) is 0 Å². The molecule has 0 saturated heterocycles. The van der Waals surface area contributed by atoms with Crippen molar-refractivity contribution in [3.8, 4) is 0 Å². The lowest BCUT2D eigenvalue weighted by molar-refractivity contribution is -0.143. The van der Waals surface area contributed by atoms with Crippen LogP contribution in [0, 0.1) is 11.8 Å². The minimum absolute atomic E-state index is 0.0528. The van der Waals surface area contributed by atoms with Crippen LogP contribution in [-0.2, 0) is 30.4 Å². The van der Waals surface area contributed by atoms with Crippen molar-refractivity contribution in [3.05, 3.63) is 35.9 Å². The van der Waals surface area contributed by atoms with E-state index in [2.05, 4.69) is 16.0 Å². The highest BCUT2D eigenvalue weighted by atomic mass is 16.4. The predicted octanol–water partition coefficient (Wildman–Crippen LogP) is 1.05. The largest absolute Gasteiger partial charge is 0.481 e. The Balaban J connectivity index is 3.18. The number of rotatable bonds is 16. The zero-order valence-electron chi connectivity index (χ0n) is 21.9. The molecule has 1 aromatic rings. The summed E-state index contributed by atoms with van der Waals surface area (Å²) in [5, 5.41) is 26.3. The van der Waals surface area contributed by atoms with Gasteiger partial charge in [0.05, 0.1) is 6.04 Å². The minimum atomic E-state index is -1.25. The quantitative estimate of drug-likeness (QED) is 0.186. The zero-order valence-corrected chi connectivity index (χ0v) is 21.9. The third-order valence-electron chi connectivity index (χ3n) is 6.53. The van der Waals surface area contributed by atoms with Crippen molar-refractivity contribution in [1.82, 2.24) is 16.0 Å². The van der Waals surface area contributed by atoms with Crippen molar-refractivity contribution in [2.24, 2.45) is 17.6 Å². The molecule has 6 unspecified atom stereocenters. The lowest BCUT2D eigenvalue weighted by Crippen LogP contribution is -2.58. The molecule has 0 aromatic heterocycles. The van der Waals surface area contributed by atoms with E-state index in [4.69, 9.17) is 10.8 Å². The normalized spacial score (nSPS) is 15.8. The maximum atomic E-state index is 13.2. The Kier molecular flexibility index (Phi) is 13.3. The van der Waals surface area contributed by atoms with Crippen molar-refractivity contribution >= 4 is 29.7 Å². The van der Waals surface area contributed by atoms with E-state index in [0.29, 0.717) is 18.4 Å². The second-order valence-corrected chi connectivity index (χ2v) is 9.37. The number of nitrogens with two attached hydrogens (primary N) is 1. The van der Waals surface area contributed by atoms with Gasteiger partial charge in [0.1, 0.15) is 18.1 Å². The lowest BCUT2D eigenvalue weighted by atomic mass is 9.97. The highest BCUT2D eigenvalue weighted by Gasteiger charge is 2.32. The molecular formula is C26H40N4O7.